The van der Waals surface area contributed by atoms with Gasteiger partial charge in [0.15, 0.2) is 0 Å². The molecule has 1 atom stereocenters. The summed E-state index contributed by atoms with van der Waals surface area (Å²) in [6.45, 7) is 2.92. The number of H-pyrrole nitrogens is 1. The first-order chi connectivity index (χ1) is 8.33. The second-order valence-electron chi connectivity index (χ2n) is 4.51. The van der Waals surface area contributed by atoms with Crippen molar-refractivity contribution in [3.8, 4) is 0 Å². The van der Waals surface area contributed by atoms with E-state index in [-0.39, 0.29) is 6.04 Å². The minimum Gasteiger partial charge on any atom is -0.327 e. The third-order valence-corrected chi connectivity index (χ3v) is 3.08. The van der Waals surface area contributed by atoms with Crippen molar-refractivity contribution in [1.29, 1.82) is 0 Å². The van der Waals surface area contributed by atoms with Crippen molar-refractivity contribution >= 4 is 0 Å². The van der Waals surface area contributed by atoms with Gasteiger partial charge in [0, 0.05) is 18.8 Å². The SMILES string of the molecule is CC(c1ncn[nH]1)n1cnc(CNC2CC2)c1. The largest absolute Gasteiger partial charge is 0.327 e. The molecule has 0 aliphatic heterocycles. The van der Waals surface area contributed by atoms with Crippen LogP contribution in [0.2, 0.25) is 0 Å². The molecule has 3 rings (SSSR count). The first kappa shape index (κ1) is 10.5. The topological polar surface area (TPSA) is 71.4 Å². The van der Waals surface area contributed by atoms with E-state index < -0.39 is 0 Å². The Morgan fingerprint density at radius 1 is 1.53 bits per heavy atom. The number of hydrogen-bond acceptors (Lipinski definition) is 4. The molecule has 1 aliphatic carbocycles. The summed E-state index contributed by atoms with van der Waals surface area (Å²) in [5.74, 6) is 0.851. The van der Waals surface area contributed by atoms with E-state index in [9.17, 15) is 0 Å². The summed E-state index contributed by atoms with van der Waals surface area (Å²) < 4.78 is 2.05. The molecular formula is C11H16N6. The summed E-state index contributed by atoms with van der Waals surface area (Å²) in [7, 11) is 0. The van der Waals surface area contributed by atoms with E-state index in [1.165, 1.54) is 19.2 Å². The zero-order chi connectivity index (χ0) is 11.7. The van der Waals surface area contributed by atoms with E-state index in [1.807, 2.05) is 10.9 Å². The maximum atomic E-state index is 4.39. The van der Waals surface area contributed by atoms with Crippen LogP contribution in [0.1, 0.15) is 37.3 Å². The minimum atomic E-state index is 0.139. The maximum absolute atomic E-state index is 4.39. The fraction of sp³-hybridized carbons (Fsp3) is 0.545. The monoisotopic (exact) mass is 232 g/mol. The van der Waals surface area contributed by atoms with Gasteiger partial charge < -0.3 is 9.88 Å². The molecule has 6 heteroatoms. The predicted molar refractivity (Wildman–Crippen MR) is 62.3 cm³/mol. The van der Waals surface area contributed by atoms with Gasteiger partial charge >= 0.3 is 0 Å². The molecule has 2 aromatic heterocycles. The van der Waals surface area contributed by atoms with Crippen LogP contribution in [0, 0.1) is 0 Å². The summed E-state index contributed by atoms with van der Waals surface area (Å²) in [5, 5.41) is 10.2. The second kappa shape index (κ2) is 4.29. The van der Waals surface area contributed by atoms with Gasteiger partial charge in [-0.1, -0.05) is 0 Å². The molecule has 1 fully saturated rings. The summed E-state index contributed by atoms with van der Waals surface area (Å²) in [4.78, 5) is 8.54. The zero-order valence-corrected chi connectivity index (χ0v) is 9.80. The van der Waals surface area contributed by atoms with Crippen molar-refractivity contribution in [3.05, 3.63) is 30.4 Å². The van der Waals surface area contributed by atoms with Crippen LogP contribution in [0.3, 0.4) is 0 Å². The summed E-state index contributed by atoms with van der Waals surface area (Å²) >= 11 is 0. The van der Waals surface area contributed by atoms with Crippen molar-refractivity contribution in [2.24, 2.45) is 0 Å². The Bertz CT molecular complexity index is 470. The van der Waals surface area contributed by atoms with Crippen LogP contribution in [0.5, 0.6) is 0 Å². The first-order valence-electron chi connectivity index (χ1n) is 5.94. The molecule has 2 N–H and O–H groups in total. The third-order valence-electron chi connectivity index (χ3n) is 3.08. The van der Waals surface area contributed by atoms with Gasteiger partial charge in [0.05, 0.1) is 18.1 Å². The number of imidazole rings is 1. The van der Waals surface area contributed by atoms with Crippen LogP contribution in [-0.2, 0) is 6.54 Å². The molecule has 0 amide bonds. The second-order valence-corrected chi connectivity index (χ2v) is 4.51. The highest BCUT2D eigenvalue weighted by atomic mass is 15.2. The van der Waals surface area contributed by atoms with Gasteiger partial charge in [-0.05, 0) is 19.8 Å². The van der Waals surface area contributed by atoms with E-state index in [1.54, 1.807) is 0 Å². The Hall–Kier alpha value is -1.69. The van der Waals surface area contributed by atoms with Crippen LogP contribution in [-0.4, -0.2) is 30.8 Å². The summed E-state index contributed by atoms with van der Waals surface area (Å²) in [6.07, 6.45) is 8.03. The molecule has 0 bridgehead atoms. The average Bonchev–Trinajstić information content (AvgIpc) is 2.86. The van der Waals surface area contributed by atoms with Crippen molar-refractivity contribution in [1.82, 2.24) is 30.0 Å². The normalized spacial score (nSPS) is 17.2. The Morgan fingerprint density at radius 2 is 2.41 bits per heavy atom. The van der Waals surface area contributed by atoms with Crippen LogP contribution in [0.4, 0.5) is 0 Å². The van der Waals surface area contributed by atoms with Gasteiger partial charge in [0.1, 0.15) is 12.2 Å². The van der Waals surface area contributed by atoms with E-state index >= 15 is 0 Å². The smallest absolute Gasteiger partial charge is 0.147 e. The summed E-state index contributed by atoms with van der Waals surface area (Å²) in [5.41, 5.74) is 1.07. The highest BCUT2D eigenvalue weighted by Crippen LogP contribution is 2.19. The predicted octanol–water partition coefficient (Wildman–Crippen LogP) is 0.862. The lowest BCUT2D eigenvalue weighted by Crippen LogP contribution is -2.15. The Balaban J connectivity index is 1.66. The Labute approximate surface area is 99.5 Å². The average molecular weight is 232 g/mol. The molecule has 90 valence electrons. The van der Waals surface area contributed by atoms with Gasteiger partial charge in [0.25, 0.3) is 0 Å². The van der Waals surface area contributed by atoms with Gasteiger partial charge in [0.2, 0.25) is 0 Å². The first-order valence-corrected chi connectivity index (χ1v) is 5.94. The van der Waals surface area contributed by atoms with E-state index in [0.717, 1.165) is 18.1 Å². The summed E-state index contributed by atoms with van der Waals surface area (Å²) in [6, 6.07) is 0.853. The number of aromatic nitrogens is 5. The van der Waals surface area contributed by atoms with Crippen molar-refractivity contribution in [2.75, 3.05) is 0 Å². The standard InChI is InChI=1S/C11H16N6/c1-8(11-13-6-15-16-11)17-5-10(14-7-17)4-12-9-2-3-9/h5-9,12H,2-4H2,1H3,(H,13,15,16). The third kappa shape index (κ3) is 2.36. The lowest BCUT2D eigenvalue weighted by molar-refractivity contribution is 0.599. The number of rotatable bonds is 5. The van der Waals surface area contributed by atoms with Crippen LogP contribution in [0.25, 0.3) is 0 Å². The van der Waals surface area contributed by atoms with Gasteiger partial charge in [-0.15, -0.1) is 0 Å². The van der Waals surface area contributed by atoms with Crippen LogP contribution < -0.4 is 5.32 Å². The number of nitrogens with one attached hydrogen (secondary N) is 2. The Morgan fingerprint density at radius 3 is 3.12 bits per heavy atom. The lowest BCUT2D eigenvalue weighted by Gasteiger charge is -2.08. The molecular weight excluding hydrogens is 216 g/mol. The van der Waals surface area contributed by atoms with Crippen LogP contribution in [0.15, 0.2) is 18.9 Å². The number of nitrogens with zero attached hydrogens (tertiary/aromatic N) is 4. The van der Waals surface area contributed by atoms with E-state index in [0.29, 0.717) is 6.04 Å². The highest BCUT2D eigenvalue weighted by Gasteiger charge is 2.20. The van der Waals surface area contributed by atoms with E-state index in [4.69, 9.17) is 0 Å². The minimum absolute atomic E-state index is 0.139. The molecule has 17 heavy (non-hydrogen) atoms. The van der Waals surface area contributed by atoms with Crippen molar-refractivity contribution < 1.29 is 0 Å². The van der Waals surface area contributed by atoms with Gasteiger partial charge in [-0.2, -0.15) is 5.10 Å². The molecule has 0 spiro atoms. The van der Waals surface area contributed by atoms with E-state index in [2.05, 4.69) is 38.6 Å². The quantitative estimate of drug-likeness (QED) is 0.802. The molecule has 2 heterocycles. The molecule has 1 aliphatic rings. The highest BCUT2D eigenvalue weighted by molar-refractivity contribution is 5.02. The molecule has 6 nitrogen and oxygen atoms in total. The number of aromatic amines is 1. The zero-order valence-electron chi connectivity index (χ0n) is 9.80. The van der Waals surface area contributed by atoms with Gasteiger partial charge in [-0.3, -0.25) is 5.10 Å². The fourth-order valence-corrected chi connectivity index (χ4v) is 1.78. The lowest BCUT2D eigenvalue weighted by atomic mass is 10.3. The Kier molecular flexibility index (Phi) is 2.64. The molecule has 0 saturated heterocycles. The van der Waals surface area contributed by atoms with Crippen LogP contribution >= 0.6 is 0 Å². The van der Waals surface area contributed by atoms with Crippen molar-refractivity contribution in [3.63, 3.8) is 0 Å². The number of hydrogen-bond donors (Lipinski definition) is 2. The molecule has 1 saturated carbocycles. The fourth-order valence-electron chi connectivity index (χ4n) is 1.78. The molecule has 0 aromatic carbocycles. The molecule has 1 unspecified atom stereocenters. The van der Waals surface area contributed by atoms with Crippen molar-refractivity contribution in [2.45, 2.75) is 38.4 Å². The maximum Gasteiger partial charge on any atom is 0.147 e. The van der Waals surface area contributed by atoms with Gasteiger partial charge in [-0.25, -0.2) is 9.97 Å². The molecule has 2 aromatic rings. The molecule has 0 radical (unpaired) electrons.